The maximum Gasteiger partial charge on any atom is 0.0712 e. The van der Waals surface area contributed by atoms with Crippen LogP contribution in [0.15, 0.2) is 109 Å². The van der Waals surface area contributed by atoms with Gasteiger partial charge in [0, 0.05) is 39.4 Å². The molecule has 1 aliphatic rings. The first-order valence-corrected chi connectivity index (χ1v) is 11.0. The summed E-state index contributed by atoms with van der Waals surface area (Å²) in [5.74, 6) is 0. The lowest BCUT2D eigenvalue weighted by atomic mass is 9.98. The summed E-state index contributed by atoms with van der Waals surface area (Å²) >= 11 is 0. The Kier molecular flexibility index (Phi) is 5.16. The van der Waals surface area contributed by atoms with E-state index < -0.39 is 0 Å². The number of nitrogen functional groups attached to an aromatic ring is 1. The van der Waals surface area contributed by atoms with Crippen molar-refractivity contribution >= 4 is 39.1 Å². The Labute approximate surface area is 189 Å². The lowest BCUT2D eigenvalue weighted by Crippen LogP contribution is -2.34. The zero-order valence-electron chi connectivity index (χ0n) is 18.4. The molecule has 1 atom stereocenters. The molecule has 1 unspecified atom stereocenters. The number of hydrogen-bond acceptors (Lipinski definition) is 3. The molecule has 1 heterocycles. The highest BCUT2D eigenvalue weighted by atomic mass is 15.2. The highest BCUT2D eigenvalue weighted by molar-refractivity contribution is 5.94. The van der Waals surface area contributed by atoms with Gasteiger partial charge in [0.1, 0.15) is 0 Å². The Morgan fingerprint density at radius 1 is 0.781 bits per heavy atom. The van der Waals surface area contributed by atoms with Gasteiger partial charge in [-0.1, -0.05) is 60.7 Å². The van der Waals surface area contributed by atoms with Crippen LogP contribution in [0.1, 0.15) is 19.4 Å². The molecule has 0 amide bonds. The van der Waals surface area contributed by atoms with Crippen LogP contribution >= 0.6 is 0 Å². The van der Waals surface area contributed by atoms with Crippen molar-refractivity contribution in [1.29, 1.82) is 0 Å². The molecule has 0 aliphatic carbocycles. The van der Waals surface area contributed by atoms with Gasteiger partial charge in [-0.05, 0) is 67.3 Å². The SMILES string of the molecule is C/C1=C\C=C(\Nc2cccc3ccccc23)C(C)N(c2ccc(N)cc2)c2ccccc21. The molecule has 0 spiro atoms. The average molecular weight is 418 g/mol. The first-order chi connectivity index (χ1) is 15.6. The maximum atomic E-state index is 5.99. The summed E-state index contributed by atoms with van der Waals surface area (Å²) < 4.78 is 0. The zero-order chi connectivity index (χ0) is 22.1. The Morgan fingerprint density at radius 2 is 1.50 bits per heavy atom. The summed E-state index contributed by atoms with van der Waals surface area (Å²) in [6.45, 7) is 4.41. The smallest absolute Gasteiger partial charge is 0.0712 e. The van der Waals surface area contributed by atoms with Gasteiger partial charge in [-0.25, -0.2) is 0 Å². The van der Waals surface area contributed by atoms with Crippen molar-refractivity contribution in [2.75, 3.05) is 16.0 Å². The molecular formula is C29H27N3. The fourth-order valence-electron chi connectivity index (χ4n) is 4.44. The highest BCUT2D eigenvalue weighted by Crippen LogP contribution is 2.38. The van der Waals surface area contributed by atoms with Gasteiger partial charge >= 0.3 is 0 Å². The third-order valence-corrected chi connectivity index (χ3v) is 6.18. The Bertz CT molecular complexity index is 1330. The third-order valence-electron chi connectivity index (χ3n) is 6.18. The van der Waals surface area contributed by atoms with Crippen molar-refractivity contribution in [2.24, 2.45) is 0 Å². The molecule has 3 nitrogen and oxygen atoms in total. The summed E-state index contributed by atoms with van der Waals surface area (Å²) in [5, 5.41) is 6.19. The minimum Gasteiger partial charge on any atom is -0.399 e. The number of nitrogens with one attached hydrogen (secondary N) is 1. The minimum absolute atomic E-state index is 0.0723. The Balaban J connectivity index is 1.64. The van der Waals surface area contributed by atoms with Crippen LogP contribution < -0.4 is 16.0 Å². The summed E-state index contributed by atoms with van der Waals surface area (Å²) in [5.41, 5.74) is 13.8. The number of allylic oxidation sites excluding steroid dienone is 3. The van der Waals surface area contributed by atoms with Gasteiger partial charge < -0.3 is 16.0 Å². The topological polar surface area (TPSA) is 41.3 Å². The van der Waals surface area contributed by atoms with Crippen LogP contribution in [0.2, 0.25) is 0 Å². The molecule has 0 aromatic heterocycles. The van der Waals surface area contributed by atoms with E-state index in [0.29, 0.717) is 0 Å². The largest absolute Gasteiger partial charge is 0.399 e. The number of nitrogens with zero attached hydrogens (tertiary/aromatic N) is 1. The van der Waals surface area contributed by atoms with Crippen LogP contribution in [0.3, 0.4) is 0 Å². The van der Waals surface area contributed by atoms with Crippen molar-refractivity contribution < 1.29 is 0 Å². The molecule has 158 valence electrons. The van der Waals surface area contributed by atoms with E-state index in [1.807, 2.05) is 12.1 Å². The van der Waals surface area contributed by atoms with Gasteiger partial charge in [0.15, 0.2) is 0 Å². The predicted molar refractivity (Wildman–Crippen MR) is 138 cm³/mol. The van der Waals surface area contributed by atoms with E-state index in [4.69, 9.17) is 5.73 Å². The van der Waals surface area contributed by atoms with Crippen molar-refractivity contribution in [3.8, 4) is 0 Å². The van der Waals surface area contributed by atoms with E-state index in [-0.39, 0.29) is 6.04 Å². The molecule has 0 saturated carbocycles. The van der Waals surface area contributed by atoms with Gasteiger partial charge in [0.25, 0.3) is 0 Å². The van der Waals surface area contributed by atoms with Gasteiger partial charge in [-0.15, -0.1) is 0 Å². The lowest BCUT2D eigenvalue weighted by Gasteiger charge is -2.36. The standard InChI is InChI=1S/C29H27N3/c1-20-14-19-27(31-28-12-7-9-22-8-3-4-11-26(22)28)21(2)32(24-17-15-23(30)16-18-24)29-13-6-5-10-25(20)29/h3-19,21,31H,30H2,1-2H3/b20-14+,27-19+. The monoisotopic (exact) mass is 417 g/mol. The van der Waals surface area contributed by atoms with E-state index >= 15 is 0 Å². The zero-order valence-corrected chi connectivity index (χ0v) is 18.4. The van der Waals surface area contributed by atoms with Crippen molar-refractivity contribution in [1.82, 2.24) is 0 Å². The fourth-order valence-corrected chi connectivity index (χ4v) is 4.44. The Hall–Kier alpha value is -3.98. The van der Waals surface area contributed by atoms with Gasteiger partial charge in [0.2, 0.25) is 0 Å². The number of rotatable bonds is 3. The molecule has 0 saturated heterocycles. The van der Waals surface area contributed by atoms with Gasteiger partial charge in [-0.3, -0.25) is 0 Å². The van der Waals surface area contributed by atoms with E-state index in [9.17, 15) is 0 Å². The molecule has 4 aromatic carbocycles. The molecule has 1 aliphatic heterocycles. The molecule has 0 bridgehead atoms. The van der Waals surface area contributed by atoms with E-state index in [2.05, 4.69) is 115 Å². The van der Waals surface area contributed by atoms with Crippen LogP contribution in [0.25, 0.3) is 16.3 Å². The van der Waals surface area contributed by atoms with Crippen molar-refractivity contribution in [2.45, 2.75) is 19.9 Å². The highest BCUT2D eigenvalue weighted by Gasteiger charge is 2.24. The second-order valence-electron chi connectivity index (χ2n) is 8.28. The van der Waals surface area contributed by atoms with Crippen LogP contribution in [-0.2, 0) is 0 Å². The quantitative estimate of drug-likeness (QED) is 0.342. The van der Waals surface area contributed by atoms with Gasteiger partial charge in [0.05, 0.1) is 6.04 Å². The second kappa shape index (κ2) is 8.27. The number of anilines is 4. The number of hydrogen-bond donors (Lipinski definition) is 2. The fraction of sp³-hybridized carbons (Fsp3) is 0.103. The van der Waals surface area contributed by atoms with Crippen molar-refractivity contribution in [3.63, 3.8) is 0 Å². The van der Waals surface area contributed by atoms with Crippen LogP contribution in [0.5, 0.6) is 0 Å². The number of benzene rings is 4. The number of fused-ring (bicyclic) bond motifs is 2. The summed E-state index contributed by atoms with van der Waals surface area (Å²) in [7, 11) is 0. The molecular weight excluding hydrogens is 390 g/mol. The average Bonchev–Trinajstić information content (AvgIpc) is 2.82. The molecule has 4 aromatic rings. The second-order valence-corrected chi connectivity index (χ2v) is 8.28. The summed E-state index contributed by atoms with van der Waals surface area (Å²) in [4.78, 5) is 2.38. The van der Waals surface area contributed by atoms with Gasteiger partial charge in [-0.2, -0.15) is 0 Å². The molecule has 3 N–H and O–H groups in total. The Morgan fingerprint density at radius 3 is 2.34 bits per heavy atom. The molecule has 0 fully saturated rings. The normalized spacial score (nSPS) is 19.2. The maximum absolute atomic E-state index is 5.99. The first-order valence-electron chi connectivity index (χ1n) is 11.0. The molecule has 3 heteroatoms. The number of para-hydroxylation sites is 1. The molecule has 5 rings (SSSR count). The molecule has 0 radical (unpaired) electrons. The van der Waals surface area contributed by atoms with Crippen molar-refractivity contribution in [3.05, 3.63) is 114 Å². The first kappa shape index (κ1) is 20.0. The third kappa shape index (κ3) is 3.63. The number of nitrogens with two attached hydrogens (primary N) is 1. The van der Waals surface area contributed by atoms with E-state index in [0.717, 1.165) is 22.8 Å². The van der Waals surface area contributed by atoms with E-state index in [1.54, 1.807) is 0 Å². The van der Waals surface area contributed by atoms with E-state index in [1.165, 1.54) is 27.6 Å². The van der Waals surface area contributed by atoms with Crippen LogP contribution in [0.4, 0.5) is 22.7 Å². The van der Waals surface area contributed by atoms with Crippen LogP contribution in [-0.4, -0.2) is 6.04 Å². The minimum atomic E-state index is 0.0723. The summed E-state index contributed by atoms with van der Waals surface area (Å²) in [6.07, 6.45) is 4.42. The predicted octanol–water partition coefficient (Wildman–Crippen LogP) is 7.36. The summed E-state index contributed by atoms with van der Waals surface area (Å²) in [6, 6.07) is 31.7. The lowest BCUT2D eigenvalue weighted by molar-refractivity contribution is 0.815. The van der Waals surface area contributed by atoms with Crippen LogP contribution in [0, 0.1) is 0 Å². The molecule has 32 heavy (non-hydrogen) atoms.